The number of carbonyl (C=O) groups excluding carboxylic acids is 2. The Labute approximate surface area is 135 Å². The van der Waals surface area contributed by atoms with Gasteiger partial charge < -0.3 is 10.6 Å². The Morgan fingerprint density at radius 2 is 1.96 bits per heavy atom. The molecule has 120 valence electrons. The molecule has 0 aliphatic heterocycles. The molecule has 6 heteroatoms. The predicted molar refractivity (Wildman–Crippen MR) is 86.7 cm³/mol. The van der Waals surface area contributed by atoms with E-state index in [1.54, 1.807) is 0 Å². The first-order valence-corrected chi connectivity index (χ1v) is 7.52. The molecule has 2 rings (SSSR count). The summed E-state index contributed by atoms with van der Waals surface area (Å²) in [6.07, 6.45) is 6.01. The minimum absolute atomic E-state index is 0.0381. The first kappa shape index (κ1) is 16.6. The lowest BCUT2D eigenvalue weighted by Gasteiger charge is -2.14. The fourth-order valence-corrected chi connectivity index (χ4v) is 2.09. The zero-order valence-electron chi connectivity index (χ0n) is 13.0. The van der Waals surface area contributed by atoms with Crippen molar-refractivity contribution in [3.05, 3.63) is 60.2 Å². The smallest absolute Gasteiger partial charge is 0.271 e. The Bertz CT molecular complexity index is 632. The quantitative estimate of drug-likeness (QED) is 0.808. The molecule has 1 heterocycles. The summed E-state index contributed by atoms with van der Waals surface area (Å²) in [4.78, 5) is 31.3. The monoisotopic (exact) mass is 312 g/mol. The normalized spacial score (nSPS) is 11.5. The molecule has 2 amide bonds. The van der Waals surface area contributed by atoms with Gasteiger partial charge >= 0.3 is 0 Å². The summed E-state index contributed by atoms with van der Waals surface area (Å²) >= 11 is 0. The van der Waals surface area contributed by atoms with Crippen LogP contribution in [0.3, 0.4) is 0 Å². The molecule has 0 unspecified atom stereocenters. The molecule has 1 aromatic heterocycles. The van der Waals surface area contributed by atoms with Crippen molar-refractivity contribution < 1.29 is 9.59 Å². The van der Waals surface area contributed by atoms with Crippen molar-refractivity contribution in [1.82, 2.24) is 20.6 Å². The van der Waals surface area contributed by atoms with Crippen molar-refractivity contribution in [1.29, 1.82) is 0 Å². The first-order valence-electron chi connectivity index (χ1n) is 7.52. The van der Waals surface area contributed by atoms with Crippen molar-refractivity contribution in [3.8, 4) is 0 Å². The van der Waals surface area contributed by atoms with Crippen LogP contribution in [0.5, 0.6) is 0 Å². The maximum Gasteiger partial charge on any atom is 0.271 e. The van der Waals surface area contributed by atoms with Crippen LogP contribution in [-0.4, -0.2) is 34.4 Å². The molecular formula is C17H20N4O2. The van der Waals surface area contributed by atoms with Gasteiger partial charge in [0.15, 0.2) is 0 Å². The van der Waals surface area contributed by atoms with Crippen molar-refractivity contribution in [2.75, 3.05) is 6.54 Å². The molecule has 0 saturated heterocycles. The van der Waals surface area contributed by atoms with E-state index in [0.717, 1.165) is 12.8 Å². The van der Waals surface area contributed by atoms with Gasteiger partial charge in [0.2, 0.25) is 5.91 Å². The van der Waals surface area contributed by atoms with E-state index in [9.17, 15) is 9.59 Å². The van der Waals surface area contributed by atoms with Crippen LogP contribution in [0.4, 0.5) is 0 Å². The van der Waals surface area contributed by atoms with Gasteiger partial charge in [0.05, 0.1) is 12.7 Å². The highest BCUT2D eigenvalue weighted by molar-refractivity contribution is 5.94. The van der Waals surface area contributed by atoms with E-state index in [2.05, 4.69) is 32.7 Å². The van der Waals surface area contributed by atoms with E-state index in [1.165, 1.54) is 24.2 Å². The average Bonchev–Trinajstić information content (AvgIpc) is 2.59. The molecule has 0 fully saturated rings. The molecular weight excluding hydrogens is 292 g/mol. The second-order valence-corrected chi connectivity index (χ2v) is 5.27. The highest BCUT2D eigenvalue weighted by atomic mass is 16.2. The summed E-state index contributed by atoms with van der Waals surface area (Å²) in [5.74, 6) is -0.631. The van der Waals surface area contributed by atoms with Crippen LogP contribution >= 0.6 is 0 Å². The number of benzene rings is 1. The van der Waals surface area contributed by atoms with Gasteiger partial charge in [0.25, 0.3) is 5.91 Å². The number of amides is 2. The number of rotatable bonds is 7. The topological polar surface area (TPSA) is 84.0 Å². The van der Waals surface area contributed by atoms with Gasteiger partial charge in [-0.1, -0.05) is 30.3 Å². The van der Waals surface area contributed by atoms with Gasteiger partial charge in [-0.05, 0) is 25.3 Å². The molecule has 0 spiro atoms. The first-order chi connectivity index (χ1) is 11.1. The number of carbonyl (C=O) groups is 2. The van der Waals surface area contributed by atoms with Crippen LogP contribution in [0.15, 0.2) is 48.9 Å². The Hall–Kier alpha value is -2.76. The molecule has 2 N–H and O–H groups in total. The van der Waals surface area contributed by atoms with Gasteiger partial charge in [-0.15, -0.1) is 0 Å². The summed E-state index contributed by atoms with van der Waals surface area (Å²) in [5.41, 5.74) is 1.43. The zero-order valence-corrected chi connectivity index (χ0v) is 13.0. The molecule has 0 aliphatic carbocycles. The van der Waals surface area contributed by atoms with Crippen LogP contribution in [0.1, 0.15) is 29.4 Å². The third kappa shape index (κ3) is 5.86. The summed E-state index contributed by atoms with van der Waals surface area (Å²) in [6.45, 7) is 1.87. The number of hydrogen-bond donors (Lipinski definition) is 2. The maximum atomic E-state index is 11.8. The predicted octanol–water partition coefficient (Wildman–Crippen LogP) is 1.34. The van der Waals surface area contributed by atoms with Crippen molar-refractivity contribution in [2.45, 2.75) is 25.8 Å². The Balaban J connectivity index is 1.69. The molecule has 23 heavy (non-hydrogen) atoms. The summed E-state index contributed by atoms with van der Waals surface area (Å²) in [7, 11) is 0. The summed E-state index contributed by atoms with van der Waals surface area (Å²) in [5, 5.41) is 5.39. The van der Waals surface area contributed by atoms with Crippen LogP contribution in [0.2, 0.25) is 0 Å². The second kappa shape index (κ2) is 8.63. The highest BCUT2D eigenvalue weighted by Gasteiger charge is 2.11. The summed E-state index contributed by atoms with van der Waals surface area (Å²) in [6, 6.07) is 10.2. The highest BCUT2D eigenvalue weighted by Crippen LogP contribution is 2.04. The van der Waals surface area contributed by atoms with E-state index in [1.807, 2.05) is 25.1 Å². The average molecular weight is 312 g/mol. The molecule has 0 saturated carbocycles. The lowest BCUT2D eigenvalue weighted by Crippen LogP contribution is -2.41. The molecule has 1 atom stereocenters. The number of aryl methyl sites for hydroxylation is 1. The third-order valence-corrected chi connectivity index (χ3v) is 3.32. The van der Waals surface area contributed by atoms with Crippen LogP contribution < -0.4 is 10.6 Å². The fourth-order valence-electron chi connectivity index (χ4n) is 2.09. The standard InChI is InChI=1S/C17H20N4O2/c1-13(7-8-14-5-3-2-4-6-14)21-16(22)12-20-17(23)15-11-18-9-10-19-15/h2-6,9-11,13H,7-8,12H2,1H3,(H,20,23)(H,21,22)/t13-/m1/s1. The minimum Gasteiger partial charge on any atom is -0.352 e. The minimum atomic E-state index is -0.412. The van der Waals surface area contributed by atoms with Crippen molar-refractivity contribution >= 4 is 11.8 Å². The van der Waals surface area contributed by atoms with Gasteiger partial charge in [-0.25, -0.2) is 4.98 Å². The van der Waals surface area contributed by atoms with Crippen LogP contribution in [0.25, 0.3) is 0 Å². The van der Waals surface area contributed by atoms with Gasteiger partial charge in [0, 0.05) is 18.4 Å². The fraction of sp³-hybridized carbons (Fsp3) is 0.294. The summed E-state index contributed by atoms with van der Waals surface area (Å²) < 4.78 is 0. The van der Waals surface area contributed by atoms with Gasteiger partial charge in [0.1, 0.15) is 5.69 Å². The van der Waals surface area contributed by atoms with Gasteiger partial charge in [-0.3, -0.25) is 14.6 Å². The second-order valence-electron chi connectivity index (χ2n) is 5.27. The van der Waals surface area contributed by atoms with Crippen molar-refractivity contribution in [2.24, 2.45) is 0 Å². The largest absolute Gasteiger partial charge is 0.352 e. The Kier molecular flexibility index (Phi) is 6.23. The van der Waals surface area contributed by atoms with Gasteiger partial charge in [-0.2, -0.15) is 0 Å². The molecule has 1 aromatic carbocycles. The van der Waals surface area contributed by atoms with E-state index in [0.29, 0.717) is 0 Å². The number of nitrogens with zero attached hydrogens (tertiary/aromatic N) is 2. The lowest BCUT2D eigenvalue weighted by atomic mass is 10.1. The number of hydrogen-bond acceptors (Lipinski definition) is 4. The van der Waals surface area contributed by atoms with Crippen LogP contribution in [0, 0.1) is 0 Å². The molecule has 6 nitrogen and oxygen atoms in total. The molecule has 2 aromatic rings. The molecule has 0 aliphatic rings. The Morgan fingerprint density at radius 1 is 1.17 bits per heavy atom. The van der Waals surface area contributed by atoms with E-state index in [4.69, 9.17) is 0 Å². The van der Waals surface area contributed by atoms with E-state index < -0.39 is 5.91 Å². The molecule has 0 bridgehead atoms. The molecule has 0 radical (unpaired) electrons. The van der Waals surface area contributed by atoms with Crippen molar-refractivity contribution in [3.63, 3.8) is 0 Å². The Morgan fingerprint density at radius 3 is 2.65 bits per heavy atom. The number of aromatic nitrogens is 2. The lowest BCUT2D eigenvalue weighted by molar-refractivity contribution is -0.120. The third-order valence-electron chi connectivity index (χ3n) is 3.32. The van der Waals surface area contributed by atoms with E-state index in [-0.39, 0.29) is 24.2 Å². The maximum absolute atomic E-state index is 11.8. The number of nitrogens with one attached hydrogen (secondary N) is 2. The van der Waals surface area contributed by atoms with E-state index >= 15 is 0 Å². The zero-order chi connectivity index (χ0) is 16.5. The SMILES string of the molecule is C[C@H](CCc1ccccc1)NC(=O)CNC(=O)c1cnccn1. The van der Waals surface area contributed by atoms with Crippen LogP contribution in [-0.2, 0) is 11.2 Å².